The lowest BCUT2D eigenvalue weighted by molar-refractivity contribution is -0.141. The van der Waals surface area contributed by atoms with E-state index in [1.807, 2.05) is 6.92 Å². The second-order valence-electron chi connectivity index (χ2n) is 6.32. The Morgan fingerprint density at radius 3 is 3.00 bits per heavy atom. The predicted molar refractivity (Wildman–Crippen MR) is 98.4 cm³/mol. The number of anilines is 1. The van der Waals surface area contributed by atoms with Crippen molar-refractivity contribution in [1.82, 2.24) is 9.88 Å². The number of halogens is 1. The molecule has 0 spiro atoms. The zero-order valence-electron chi connectivity index (χ0n) is 14.8. The minimum atomic E-state index is -1.07. The second kappa shape index (κ2) is 8.45. The molecule has 1 aromatic carbocycles. The SMILES string of the molecule is Cc1csc(Oc2ccc(NC(=O)CN3CCCCC(O)C3=O)cc2F)n1. The average molecular weight is 393 g/mol. The highest BCUT2D eigenvalue weighted by Crippen LogP contribution is 2.28. The number of likely N-dealkylation sites (tertiary alicyclic amines) is 1. The zero-order valence-corrected chi connectivity index (χ0v) is 15.6. The number of hydrogen-bond acceptors (Lipinski definition) is 6. The van der Waals surface area contributed by atoms with Crippen LogP contribution >= 0.6 is 11.3 Å². The number of hydrogen-bond donors (Lipinski definition) is 2. The number of rotatable bonds is 5. The summed E-state index contributed by atoms with van der Waals surface area (Å²) in [5.74, 6) is -1.53. The number of aliphatic hydroxyl groups is 1. The Labute approximate surface area is 159 Å². The summed E-state index contributed by atoms with van der Waals surface area (Å²) in [6.07, 6.45) is 0.801. The molecule has 1 fully saturated rings. The van der Waals surface area contributed by atoms with Crippen molar-refractivity contribution in [3.8, 4) is 10.9 Å². The van der Waals surface area contributed by atoms with E-state index in [1.54, 1.807) is 5.38 Å². The van der Waals surface area contributed by atoms with Crippen molar-refractivity contribution < 1.29 is 23.8 Å². The van der Waals surface area contributed by atoms with Crippen LogP contribution in [0.3, 0.4) is 0 Å². The molecule has 9 heteroatoms. The maximum absolute atomic E-state index is 14.2. The smallest absolute Gasteiger partial charge is 0.278 e. The summed E-state index contributed by atoms with van der Waals surface area (Å²) < 4.78 is 19.6. The van der Waals surface area contributed by atoms with E-state index in [2.05, 4.69) is 10.3 Å². The molecule has 0 aliphatic carbocycles. The molecular formula is C18H20FN3O4S. The van der Waals surface area contributed by atoms with Crippen molar-refractivity contribution in [2.75, 3.05) is 18.4 Å². The van der Waals surface area contributed by atoms with Crippen LogP contribution in [0.25, 0.3) is 0 Å². The first kappa shape index (κ1) is 19.2. The highest BCUT2D eigenvalue weighted by molar-refractivity contribution is 7.11. The molecule has 2 N–H and O–H groups in total. The second-order valence-corrected chi connectivity index (χ2v) is 7.14. The number of ether oxygens (including phenoxy) is 1. The lowest BCUT2D eigenvalue weighted by atomic mass is 10.2. The summed E-state index contributed by atoms with van der Waals surface area (Å²) in [6.45, 7) is 2.04. The van der Waals surface area contributed by atoms with Crippen LogP contribution in [0.2, 0.25) is 0 Å². The van der Waals surface area contributed by atoms with Gasteiger partial charge in [0.15, 0.2) is 11.6 Å². The van der Waals surface area contributed by atoms with Gasteiger partial charge in [-0.1, -0.05) is 11.3 Å². The van der Waals surface area contributed by atoms with Crippen LogP contribution in [-0.4, -0.2) is 46.0 Å². The molecular weight excluding hydrogens is 373 g/mol. The molecule has 2 aromatic rings. The molecule has 2 amide bonds. The fraction of sp³-hybridized carbons (Fsp3) is 0.389. The summed E-state index contributed by atoms with van der Waals surface area (Å²) in [6, 6.07) is 4.06. The molecule has 27 heavy (non-hydrogen) atoms. The fourth-order valence-electron chi connectivity index (χ4n) is 2.75. The number of benzene rings is 1. The van der Waals surface area contributed by atoms with Crippen molar-refractivity contribution >= 4 is 28.8 Å². The fourth-order valence-corrected chi connectivity index (χ4v) is 3.41. The number of aliphatic hydroxyl groups excluding tert-OH is 1. The molecule has 144 valence electrons. The molecule has 3 rings (SSSR count). The van der Waals surface area contributed by atoms with Crippen molar-refractivity contribution in [3.05, 3.63) is 35.1 Å². The van der Waals surface area contributed by atoms with Crippen LogP contribution in [0.5, 0.6) is 10.9 Å². The lowest BCUT2D eigenvalue weighted by Gasteiger charge is -2.21. The van der Waals surface area contributed by atoms with Gasteiger partial charge in [-0.25, -0.2) is 9.37 Å². The topological polar surface area (TPSA) is 91.8 Å². The van der Waals surface area contributed by atoms with Crippen LogP contribution in [0.4, 0.5) is 10.1 Å². The van der Waals surface area contributed by atoms with E-state index in [0.29, 0.717) is 18.2 Å². The summed E-state index contributed by atoms with van der Waals surface area (Å²) in [7, 11) is 0. The molecule has 1 aromatic heterocycles. The molecule has 1 aliphatic heterocycles. The summed E-state index contributed by atoms with van der Waals surface area (Å²) in [4.78, 5) is 29.6. The van der Waals surface area contributed by atoms with Gasteiger partial charge in [-0.05, 0) is 38.3 Å². The van der Waals surface area contributed by atoms with Gasteiger partial charge in [-0.2, -0.15) is 0 Å². The maximum Gasteiger partial charge on any atom is 0.278 e. The molecule has 1 saturated heterocycles. The van der Waals surface area contributed by atoms with Crippen molar-refractivity contribution in [2.24, 2.45) is 0 Å². The van der Waals surface area contributed by atoms with E-state index in [4.69, 9.17) is 4.74 Å². The number of thiazole rings is 1. The Bertz CT molecular complexity index is 842. The molecule has 1 aliphatic rings. The van der Waals surface area contributed by atoms with Gasteiger partial charge in [0.25, 0.3) is 11.1 Å². The third kappa shape index (κ3) is 5.01. The standard InChI is InChI=1S/C18H20FN3O4S/c1-11-10-27-18(20-11)26-15-6-5-12(8-13(15)19)21-16(24)9-22-7-3-2-4-14(23)17(22)25/h5-6,8,10,14,23H,2-4,7,9H2,1H3,(H,21,24). The van der Waals surface area contributed by atoms with Crippen LogP contribution in [0, 0.1) is 12.7 Å². The Morgan fingerprint density at radius 2 is 2.30 bits per heavy atom. The summed E-state index contributed by atoms with van der Waals surface area (Å²) in [5.41, 5.74) is 1.04. The third-order valence-corrected chi connectivity index (χ3v) is 4.93. The van der Waals surface area contributed by atoms with Gasteiger partial charge in [0.1, 0.15) is 6.10 Å². The van der Waals surface area contributed by atoms with Gasteiger partial charge in [0, 0.05) is 23.7 Å². The monoisotopic (exact) mass is 393 g/mol. The first-order valence-corrected chi connectivity index (χ1v) is 9.46. The first-order chi connectivity index (χ1) is 12.9. The number of aromatic nitrogens is 1. The van der Waals surface area contributed by atoms with Gasteiger partial charge < -0.3 is 20.1 Å². The van der Waals surface area contributed by atoms with Gasteiger partial charge in [-0.3, -0.25) is 9.59 Å². The first-order valence-electron chi connectivity index (χ1n) is 8.58. The van der Waals surface area contributed by atoms with Gasteiger partial charge in [0.05, 0.1) is 12.2 Å². The van der Waals surface area contributed by atoms with E-state index in [1.165, 1.54) is 28.4 Å². The number of nitrogens with one attached hydrogen (secondary N) is 1. The average Bonchev–Trinajstić information content (AvgIpc) is 2.97. The van der Waals surface area contributed by atoms with Gasteiger partial charge in [0.2, 0.25) is 5.91 Å². The van der Waals surface area contributed by atoms with E-state index in [-0.39, 0.29) is 18.0 Å². The third-order valence-electron chi connectivity index (χ3n) is 4.10. The minimum absolute atomic E-state index is 0.00756. The van der Waals surface area contributed by atoms with E-state index in [9.17, 15) is 19.1 Å². The van der Waals surface area contributed by atoms with Gasteiger partial charge >= 0.3 is 0 Å². The molecule has 7 nitrogen and oxygen atoms in total. The van der Waals surface area contributed by atoms with E-state index in [0.717, 1.165) is 24.6 Å². The molecule has 1 atom stereocenters. The van der Waals surface area contributed by atoms with Crippen LogP contribution in [0.15, 0.2) is 23.6 Å². The quantitative estimate of drug-likeness (QED) is 0.815. The Balaban J connectivity index is 1.60. The zero-order chi connectivity index (χ0) is 19.4. The molecule has 0 radical (unpaired) electrons. The largest absolute Gasteiger partial charge is 0.428 e. The lowest BCUT2D eigenvalue weighted by Crippen LogP contribution is -2.42. The van der Waals surface area contributed by atoms with Crippen molar-refractivity contribution in [1.29, 1.82) is 0 Å². The molecule has 0 saturated carbocycles. The number of nitrogens with zero attached hydrogens (tertiary/aromatic N) is 2. The maximum atomic E-state index is 14.2. The highest BCUT2D eigenvalue weighted by atomic mass is 32.1. The Morgan fingerprint density at radius 1 is 1.48 bits per heavy atom. The van der Waals surface area contributed by atoms with Gasteiger partial charge in [-0.15, -0.1) is 0 Å². The predicted octanol–water partition coefficient (Wildman–Crippen LogP) is 2.69. The number of amides is 2. The molecule has 2 heterocycles. The molecule has 0 bridgehead atoms. The van der Waals surface area contributed by atoms with Crippen molar-refractivity contribution in [3.63, 3.8) is 0 Å². The van der Waals surface area contributed by atoms with Crippen LogP contribution in [-0.2, 0) is 9.59 Å². The highest BCUT2D eigenvalue weighted by Gasteiger charge is 2.26. The van der Waals surface area contributed by atoms with E-state index < -0.39 is 23.7 Å². The Hall–Kier alpha value is -2.52. The van der Waals surface area contributed by atoms with E-state index >= 15 is 0 Å². The van der Waals surface area contributed by atoms with Crippen LogP contribution < -0.4 is 10.1 Å². The number of carbonyl (C=O) groups excluding carboxylic acids is 2. The number of carbonyl (C=O) groups is 2. The Kier molecular flexibility index (Phi) is 6.02. The van der Waals surface area contributed by atoms with Crippen molar-refractivity contribution in [2.45, 2.75) is 32.3 Å². The van der Waals surface area contributed by atoms with Crippen LogP contribution in [0.1, 0.15) is 25.0 Å². The molecule has 1 unspecified atom stereocenters. The minimum Gasteiger partial charge on any atom is -0.428 e. The normalized spacial score (nSPS) is 17.5. The summed E-state index contributed by atoms with van der Waals surface area (Å²) >= 11 is 1.26. The number of aryl methyl sites for hydroxylation is 1. The summed E-state index contributed by atoms with van der Waals surface area (Å²) in [5, 5.41) is 14.4.